The highest BCUT2D eigenvalue weighted by Gasteiger charge is 2.25. The van der Waals surface area contributed by atoms with E-state index in [0.717, 1.165) is 0 Å². The SMILES string of the molecule is Cc1c(C(=O)OC(C)C(=O)Nc2ncnc3nc[nH]c23)oc2c(F)cccc12. The van der Waals surface area contributed by atoms with Gasteiger partial charge < -0.3 is 19.5 Å². The minimum atomic E-state index is -1.15. The first-order valence-corrected chi connectivity index (χ1v) is 8.29. The minimum Gasteiger partial charge on any atom is -0.447 e. The molecule has 9 nitrogen and oxygen atoms in total. The van der Waals surface area contributed by atoms with Gasteiger partial charge in [-0.05, 0) is 19.9 Å². The maximum absolute atomic E-state index is 13.8. The number of carbonyl (C=O) groups is 2. The number of esters is 1. The summed E-state index contributed by atoms with van der Waals surface area (Å²) in [6, 6.07) is 4.38. The lowest BCUT2D eigenvalue weighted by molar-refractivity contribution is -0.123. The fourth-order valence-corrected chi connectivity index (χ4v) is 2.75. The molecule has 0 bridgehead atoms. The largest absolute Gasteiger partial charge is 0.447 e. The highest BCUT2D eigenvalue weighted by atomic mass is 19.1. The van der Waals surface area contributed by atoms with Gasteiger partial charge in [-0.2, -0.15) is 0 Å². The molecule has 0 saturated heterocycles. The summed E-state index contributed by atoms with van der Waals surface area (Å²) in [6.07, 6.45) is 1.52. The molecule has 4 rings (SSSR count). The summed E-state index contributed by atoms with van der Waals surface area (Å²) >= 11 is 0. The highest BCUT2D eigenvalue weighted by Crippen LogP contribution is 2.28. The predicted molar refractivity (Wildman–Crippen MR) is 96.1 cm³/mol. The molecule has 1 unspecified atom stereocenters. The number of hydrogen-bond acceptors (Lipinski definition) is 7. The molecular weight excluding hydrogens is 369 g/mol. The molecule has 142 valence electrons. The summed E-state index contributed by atoms with van der Waals surface area (Å²) in [5, 5.41) is 3.01. The second-order valence-corrected chi connectivity index (χ2v) is 6.03. The number of fused-ring (bicyclic) bond motifs is 2. The lowest BCUT2D eigenvalue weighted by Crippen LogP contribution is -2.30. The van der Waals surface area contributed by atoms with Gasteiger partial charge >= 0.3 is 5.97 Å². The Morgan fingerprint density at radius 2 is 2.11 bits per heavy atom. The molecule has 10 heteroatoms. The maximum atomic E-state index is 13.8. The molecule has 3 aromatic heterocycles. The number of benzene rings is 1. The van der Waals surface area contributed by atoms with Crippen LogP contribution in [0.5, 0.6) is 0 Å². The topological polar surface area (TPSA) is 123 Å². The van der Waals surface area contributed by atoms with Crippen molar-refractivity contribution in [2.24, 2.45) is 0 Å². The first-order valence-electron chi connectivity index (χ1n) is 8.29. The second-order valence-electron chi connectivity index (χ2n) is 6.03. The molecule has 4 aromatic rings. The molecule has 2 N–H and O–H groups in total. The number of carbonyl (C=O) groups excluding carboxylic acids is 2. The number of para-hydroxylation sites is 1. The monoisotopic (exact) mass is 383 g/mol. The van der Waals surface area contributed by atoms with Crippen molar-refractivity contribution in [2.45, 2.75) is 20.0 Å². The number of rotatable bonds is 4. The van der Waals surface area contributed by atoms with Gasteiger partial charge in [-0.3, -0.25) is 4.79 Å². The Morgan fingerprint density at radius 3 is 2.89 bits per heavy atom. The van der Waals surface area contributed by atoms with Crippen molar-refractivity contribution >= 4 is 39.8 Å². The summed E-state index contributed by atoms with van der Waals surface area (Å²) in [7, 11) is 0. The number of ether oxygens (including phenoxy) is 1. The third-order valence-corrected chi connectivity index (χ3v) is 4.22. The average Bonchev–Trinajstić information content (AvgIpc) is 3.28. The summed E-state index contributed by atoms with van der Waals surface area (Å²) in [5.41, 5.74) is 1.22. The zero-order valence-electron chi connectivity index (χ0n) is 14.8. The Labute approximate surface area is 156 Å². The lowest BCUT2D eigenvalue weighted by Gasteiger charge is -2.12. The number of halogens is 1. The molecule has 1 amide bonds. The maximum Gasteiger partial charge on any atom is 0.375 e. The third kappa shape index (κ3) is 2.94. The van der Waals surface area contributed by atoms with Crippen molar-refractivity contribution in [3.63, 3.8) is 0 Å². The molecule has 0 aliphatic rings. The fraction of sp³-hybridized carbons (Fsp3) is 0.167. The smallest absolute Gasteiger partial charge is 0.375 e. The molecule has 3 heterocycles. The van der Waals surface area contributed by atoms with E-state index in [4.69, 9.17) is 9.15 Å². The number of nitrogens with zero attached hydrogens (tertiary/aromatic N) is 3. The van der Waals surface area contributed by atoms with Gasteiger partial charge in [0.25, 0.3) is 5.91 Å². The second kappa shape index (κ2) is 6.72. The van der Waals surface area contributed by atoms with Crippen LogP contribution in [0.3, 0.4) is 0 Å². The quantitative estimate of drug-likeness (QED) is 0.519. The molecule has 0 aliphatic heterocycles. The van der Waals surface area contributed by atoms with Gasteiger partial charge in [0.05, 0.1) is 6.33 Å². The van der Waals surface area contributed by atoms with Gasteiger partial charge in [-0.15, -0.1) is 0 Å². The number of H-pyrrole nitrogens is 1. The molecule has 1 atom stereocenters. The van der Waals surface area contributed by atoms with Crippen molar-refractivity contribution in [1.82, 2.24) is 19.9 Å². The van der Waals surface area contributed by atoms with E-state index in [-0.39, 0.29) is 17.2 Å². The Hall–Kier alpha value is -3.82. The Balaban J connectivity index is 1.51. The van der Waals surface area contributed by atoms with E-state index in [1.165, 1.54) is 31.7 Å². The van der Waals surface area contributed by atoms with E-state index >= 15 is 0 Å². The van der Waals surface area contributed by atoms with Gasteiger partial charge in [-0.1, -0.05) is 12.1 Å². The van der Waals surface area contributed by atoms with Gasteiger partial charge in [0.2, 0.25) is 5.76 Å². The molecular formula is C18H14FN5O4. The van der Waals surface area contributed by atoms with Gasteiger partial charge in [0.15, 0.2) is 29.0 Å². The predicted octanol–water partition coefficient (Wildman–Crippen LogP) is 2.73. The molecule has 1 aromatic carbocycles. The van der Waals surface area contributed by atoms with Gasteiger partial charge in [-0.25, -0.2) is 24.1 Å². The van der Waals surface area contributed by atoms with Crippen LogP contribution in [0.1, 0.15) is 23.0 Å². The lowest BCUT2D eigenvalue weighted by atomic mass is 10.1. The number of imidazole rings is 1. The van der Waals surface area contributed by atoms with Crippen LogP contribution in [0.4, 0.5) is 10.2 Å². The molecule has 0 spiro atoms. The highest BCUT2D eigenvalue weighted by molar-refractivity contribution is 6.01. The Kier molecular flexibility index (Phi) is 4.22. The number of aryl methyl sites for hydroxylation is 1. The summed E-state index contributed by atoms with van der Waals surface area (Å²) in [5.74, 6) is -2.01. The first-order chi connectivity index (χ1) is 13.5. The summed E-state index contributed by atoms with van der Waals surface area (Å²) < 4.78 is 24.3. The molecule has 0 fully saturated rings. The Morgan fingerprint density at radius 1 is 1.29 bits per heavy atom. The summed E-state index contributed by atoms with van der Waals surface area (Å²) in [4.78, 5) is 39.5. The molecule has 0 aliphatic carbocycles. The number of furan rings is 1. The van der Waals surface area contributed by atoms with Crippen LogP contribution in [0.15, 0.2) is 35.3 Å². The molecule has 0 radical (unpaired) electrons. The third-order valence-electron chi connectivity index (χ3n) is 4.22. The van der Waals surface area contributed by atoms with Crippen molar-refractivity contribution in [3.05, 3.63) is 48.0 Å². The minimum absolute atomic E-state index is 0.0355. The van der Waals surface area contributed by atoms with Crippen LogP contribution >= 0.6 is 0 Å². The van der Waals surface area contributed by atoms with E-state index in [9.17, 15) is 14.0 Å². The first kappa shape index (κ1) is 17.6. The van der Waals surface area contributed by atoms with Crippen molar-refractivity contribution in [2.75, 3.05) is 5.32 Å². The normalized spacial score (nSPS) is 12.2. The van der Waals surface area contributed by atoms with E-state index in [1.54, 1.807) is 13.0 Å². The number of amides is 1. The van der Waals surface area contributed by atoms with E-state index < -0.39 is 23.8 Å². The average molecular weight is 383 g/mol. The molecule has 0 saturated carbocycles. The Bertz CT molecular complexity index is 1220. The standard InChI is InChI=1S/C18H14FN5O4/c1-8-10-4-3-5-11(19)14(10)28-13(8)18(26)27-9(2)17(25)24-16-12-15(21-6-20-12)22-7-23-16/h3-7,9H,1-2H3,(H2,20,21,22,23,24,25). The number of aromatic nitrogens is 4. The van der Waals surface area contributed by atoms with Crippen molar-refractivity contribution in [1.29, 1.82) is 0 Å². The number of aromatic amines is 1. The van der Waals surface area contributed by atoms with Crippen molar-refractivity contribution in [3.8, 4) is 0 Å². The van der Waals surface area contributed by atoms with Crippen LogP contribution in [-0.4, -0.2) is 37.9 Å². The van der Waals surface area contributed by atoms with E-state index in [1.807, 2.05) is 0 Å². The number of hydrogen-bond donors (Lipinski definition) is 2. The van der Waals surface area contributed by atoms with E-state index in [0.29, 0.717) is 22.1 Å². The number of nitrogens with one attached hydrogen (secondary N) is 2. The van der Waals surface area contributed by atoms with Gasteiger partial charge in [0.1, 0.15) is 11.8 Å². The van der Waals surface area contributed by atoms with Crippen LogP contribution in [0.2, 0.25) is 0 Å². The molecule has 28 heavy (non-hydrogen) atoms. The zero-order chi connectivity index (χ0) is 19.8. The number of anilines is 1. The van der Waals surface area contributed by atoms with Crippen LogP contribution in [0.25, 0.3) is 22.1 Å². The zero-order valence-corrected chi connectivity index (χ0v) is 14.8. The van der Waals surface area contributed by atoms with Crippen molar-refractivity contribution < 1.29 is 23.1 Å². The van der Waals surface area contributed by atoms with Gasteiger partial charge in [0, 0.05) is 10.9 Å². The van der Waals surface area contributed by atoms with E-state index in [2.05, 4.69) is 25.3 Å². The summed E-state index contributed by atoms with van der Waals surface area (Å²) in [6.45, 7) is 3.01. The van der Waals surface area contributed by atoms with Crippen LogP contribution in [0, 0.1) is 12.7 Å². The van der Waals surface area contributed by atoms with Crippen LogP contribution in [-0.2, 0) is 9.53 Å². The van der Waals surface area contributed by atoms with Crippen LogP contribution < -0.4 is 5.32 Å². The fourth-order valence-electron chi connectivity index (χ4n) is 2.75.